The van der Waals surface area contributed by atoms with E-state index in [0.29, 0.717) is 0 Å². The van der Waals surface area contributed by atoms with Crippen molar-refractivity contribution in [2.45, 2.75) is 5.82 Å². The molecule has 4 rings (SSSR count). The molecule has 0 saturated carbocycles. The highest BCUT2D eigenvalue weighted by Crippen LogP contribution is 2.28. The Hall–Kier alpha value is -2.77. The van der Waals surface area contributed by atoms with E-state index in [-0.39, 0.29) is 12.5 Å². The molecule has 0 bridgehead atoms. The Kier molecular flexibility index (Phi) is 5.41. The van der Waals surface area contributed by atoms with Crippen molar-refractivity contribution in [1.29, 1.82) is 0 Å². The fraction of sp³-hybridized carbons (Fsp3) is 0.0400. The molecule has 0 spiro atoms. The minimum Gasteiger partial charge on any atom is -0.0843 e. The summed E-state index contributed by atoms with van der Waals surface area (Å²) in [6.07, 6.45) is 0. The molecule has 0 saturated heterocycles. The summed E-state index contributed by atoms with van der Waals surface area (Å²) < 4.78 is 0. The first-order valence-electron chi connectivity index (χ1n) is 9.23. The predicted octanol–water partition coefficient (Wildman–Crippen LogP) is 5.32. The monoisotopic (exact) mass is 366 g/mol. The van der Waals surface area contributed by atoms with Gasteiger partial charge in [0.1, 0.15) is 0 Å². The van der Waals surface area contributed by atoms with Crippen LogP contribution in [0.1, 0.15) is 16.9 Å². The molecule has 0 aliphatic heterocycles. The quantitative estimate of drug-likeness (QED) is 0.419. The van der Waals surface area contributed by atoms with Gasteiger partial charge in [-0.05, 0) is 29.1 Å². The van der Waals surface area contributed by atoms with E-state index < -0.39 is 0 Å². The maximum Gasteiger partial charge on any atom is 0.221 e. The van der Waals surface area contributed by atoms with Gasteiger partial charge >= 0.3 is 0 Å². The van der Waals surface area contributed by atoms with Crippen LogP contribution < -0.4 is 10.9 Å². The standard InChI is InChI=1S/C25H20BCl/c27-24-18-16-21(17-19-24)25(20-10-4-1-5-11-20)26(22-12-6-2-7-13-22)23-14-8-3-9-15-23/h1-19,25H/t25-/m1/s1. The molecule has 130 valence electrons. The van der Waals surface area contributed by atoms with Crippen molar-refractivity contribution < 1.29 is 0 Å². The summed E-state index contributed by atoms with van der Waals surface area (Å²) in [5.41, 5.74) is 5.20. The lowest BCUT2D eigenvalue weighted by Crippen LogP contribution is -2.47. The Morgan fingerprint density at radius 2 is 0.889 bits per heavy atom. The van der Waals surface area contributed by atoms with Gasteiger partial charge in [-0.15, -0.1) is 0 Å². The van der Waals surface area contributed by atoms with Crippen molar-refractivity contribution in [2.75, 3.05) is 0 Å². The average molecular weight is 367 g/mol. The largest absolute Gasteiger partial charge is 0.221 e. The van der Waals surface area contributed by atoms with Gasteiger partial charge in [0, 0.05) is 5.02 Å². The van der Waals surface area contributed by atoms with Crippen molar-refractivity contribution in [3.05, 3.63) is 131 Å². The van der Waals surface area contributed by atoms with Crippen molar-refractivity contribution in [3.8, 4) is 0 Å². The second-order valence-corrected chi connectivity index (χ2v) is 7.18. The van der Waals surface area contributed by atoms with E-state index in [2.05, 4.69) is 103 Å². The van der Waals surface area contributed by atoms with Crippen molar-refractivity contribution in [2.24, 2.45) is 0 Å². The van der Waals surface area contributed by atoms with Crippen LogP contribution in [0.25, 0.3) is 0 Å². The van der Waals surface area contributed by atoms with E-state index in [4.69, 9.17) is 11.6 Å². The summed E-state index contributed by atoms with van der Waals surface area (Å²) in [7, 11) is 0. The molecule has 4 aromatic carbocycles. The molecule has 0 aromatic heterocycles. The zero-order valence-corrected chi connectivity index (χ0v) is 15.8. The zero-order chi connectivity index (χ0) is 18.5. The molecule has 0 nitrogen and oxygen atoms in total. The van der Waals surface area contributed by atoms with Crippen LogP contribution in [0.3, 0.4) is 0 Å². The fourth-order valence-corrected chi connectivity index (χ4v) is 3.93. The molecule has 0 heterocycles. The normalized spacial score (nSPS) is 11.7. The van der Waals surface area contributed by atoms with Gasteiger partial charge in [0.15, 0.2) is 0 Å². The SMILES string of the molecule is Clc1ccc([C@H](B(c2ccccc2)c2ccccc2)c2ccccc2)cc1. The molecule has 0 radical (unpaired) electrons. The van der Waals surface area contributed by atoms with Crippen LogP contribution in [0, 0.1) is 0 Å². The number of hydrogen-bond donors (Lipinski definition) is 0. The van der Waals surface area contributed by atoms with E-state index in [1.165, 1.54) is 22.1 Å². The molecule has 0 fully saturated rings. The molecule has 0 unspecified atom stereocenters. The predicted molar refractivity (Wildman–Crippen MR) is 118 cm³/mol. The maximum atomic E-state index is 6.18. The van der Waals surface area contributed by atoms with E-state index in [0.717, 1.165) is 5.02 Å². The second-order valence-electron chi connectivity index (χ2n) is 6.74. The van der Waals surface area contributed by atoms with Crippen LogP contribution in [-0.2, 0) is 0 Å². The van der Waals surface area contributed by atoms with Gasteiger partial charge in [0.2, 0.25) is 6.71 Å². The lowest BCUT2D eigenvalue weighted by Gasteiger charge is -2.27. The summed E-state index contributed by atoms with van der Waals surface area (Å²) in [5, 5.41) is 0.765. The maximum absolute atomic E-state index is 6.18. The molecule has 0 aliphatic rings. The van der Waals surface area contributed by atoms with E-state index in [1.807, 2.05) is 12.1 Å². The van der Waals surface area contributed by atoms with Crippen molar-refractivity contribution in [3.63, 3.8) is 0 Å². The summed E-state index contributed by atoms with van der Waals surface area (Å²) in [4.78, 5) is 0. The van der Waals surface area contributed by atoms with Gasteiger partial charge in [0.25, 0.3) is 0 Å². The first-order chi connectivity index (χ1) is 13.3. The van der Waals surface area contributed by atoms with Crippen LogP contribution in [0.4, 0.5) is 0 Å². The summed E-state index contributed by atoms with van der Waals surface area (Å²) in [6, 6.07) is 40.6. The van der Waals surface area contributed by atoms with Gasteiger partial charge in [-0.25, -0.2) is 0 Å². The van der Waals surface area contributed by atoms with Crippen LogP contribution in [0.5, 0.6) is 0 Å². The average Bonchev–Trinajstić information content (AvgIpc) is 2.75. The van der Waals surface area contributed by atoms with Crippen LogP contribution >= 0.6 is 11.6 Å². The lowest BCUT2D eigenvalue weighted by molar-refractivity contribution is 1.12. The van der Waals surface area contributed by atoms with Crippen LogP contribution in [0.2, 0.25) is 5.02 Å². The molecule has 27 heavy (non-hydrogen) atoms. The summed E-state index contributed by atoms with van der Waals surface area (Å²) >= 11 is 6.18. The van der Waals surface area contributed by atoms with Gasteiger partial charge < -0.3 is 0 Å². The number of hydrogen-bond acceptors (Lipinski definition) is 0. The molecule has 1 atom stereocenters. The van der Waals surface area contributed by atoms with E-state index in [1.54, 1.807) is 0 Å². The van der Waals surface area contributed by atoms with Gasteiger partial charge in [0.05, 0.1) is 0 Å². The van der Waals surface area contributed by atoms with Gasteiger partial charge in [-0.3, -0.25) is 0 Å². The third-order valence-electron chi connectivity index (χ3n) is 5.04. The van der Waals surface area contributed by atoms with Gasteiger partial charge in [-0.1, -0.05) is 126 Å². The molecule has 0 aliphatic carbocycles. The number of benzene rings is 4. The molecule has 4 aromatic rings. The third-order valence-corrected chi connectivity index (χ3v) is 5.29. The first-order valence-corrected chi connectivity index (χ1v) is 9.61. The highest BCUT2D eigenvalue weighted by atomic mass is 35.5. The van der Waals surface area contributed by atoms with Crippen LogP contribution in [0.15, 0.2) is 115 Å². The topological polar surface area (TPSA) is 0 Å². The molecular weight excluding hydrogens is 347 g/mol. The Morgan fingerprint density at radius 1 is 0.481 bits per heavy atom. The highest BCUT2D eigenvalue weighted by Gasteiger charge is 2.31. The number of rotatable bonds is 5. The fourth-order valence-electron chi connectivity index (χ4n) is 3.81. The zero-order valence-electron chi connectivity index (χ0n) is 15.0. The first kappa shape index (κ1) is 17.6. The Bertz CT molecular complexity index is 927. The lowest BCUT2D eigenvalue weighted by atomic mass is 9.31. The van der Waals surface area contributed by atoms with E-state index in [9.17, 15) is 0 Å². The Balaban J connectivity index is 1.93. The molecule has 2 heteroatoms. The third kappa shape index (κ3) is 3.99. The highest BCUT2D eigenvalue weighted by molar-refractivity contribution is 6.86. The van der Waals surface area contributed by atoms with E-state index >= 15 is 0 Å². The molecule has 0 amide bonds. The summed E-state index contributed by atoms with van der Waals surface area (Å²) in [5.74, 6) is 0.202. The number of halogens is 1. The summed E-state index contributed by atoms with van der Waals surface area (Å²) in [6.45, 7) is 0.218. The van der Waals surface area contributed by atoms with Crippen molar-refractivity contribution >= 4 is 29.2 Å². The second kappa shape index (κ2) is 8.29. The smallest absolute Gasteiger partial charge is 0.0843 e. The minimum absolute atomic E-state index is 0.202. The van der Waals surface area contributed by atoms with Gasteiger partial charge in [-0.2, -0.15) is 0 Å². The minimum atomic E-state index is 0.202. The molecular formula is C25H20BCl. The van der Waals surface area contributed by atoms with Crippen LogP contribution in [-0.4, -0.2) is 6.71 Å². The van der Waals surface area contributed by atoms with Crippen molar-refractivity contribution in [1.82, 2.24) is 0 Å². The molecule has 0 N–H and O–H groups in total. The Morgan fingerprint density at radius 3 is 1.37 bits per heavy atom. The Labute approximate surface area is 166 Å².